The summed E-state index contributed by atoms with van der Waals surface area (Å²) in [5, 5.41) is 0. The first kappa shape index (κ1) is 21.4. The number of rotatable bonds is 6. The van der Waals surface area contributed by atoms with Crippen molar-refractivity contribution < 1.29 is 19.1 Å². The quantitative estimate of drug-likeness (QED) is 0.706. The summed E-state index contributed by atoms with van der Waals surface area (Å²) in [4.78, 5) is 30.1. The molecule has 2 atom stereocenters. The van der Waals surface area contributed by atoms with E-state index in [1.165, 1.54) is 0 Å². The summed E-state index contributed by atoms with van der Waals surface area (Å²) >= 11 is 0. The average molecular weight is 423 g/mol. The maximum absolute atomic E-state index is 13.6. The molecule has 2 aromatic carbocycles. The fraction of sp³-hybridized carbons (Fsp3) is 0.440. The standard InChI is InChI=1S/C25H30N2O4/c1-24(2,3)31-23(29)27-16-21-14-25(27,18-30-17-20-12-8-5-9-13-20)22(28)26(21)15-19-10-6-4-7-11-19/h4-13,21H,14-18H2,1-3H3/t21-,25+/m0/s1. The fourth-order valence-corrected chi connectivity index (χ4v) is 4.45. The predicted octanol–water partition coefficient (Wildman–Crippen LogP) is 3.99. The van der Waals surface area contributed by atoms with Crippen molar-refractivity contribution in [1.29, 1.82) is 0 Å². The van der Waals surface area contributed by atoms with E-state index in [0.717, 1.165) is 11.1 Å². The van der Waals surface area contributed by atoms with Crippen molar-refractivity contribution in [3.05, 3.63) is 71.8 Å². The molecule has 31 heavy (non-hydrogen) atoms. The van der Waals surface area contributed by atoms with Gasteiger partial charge in [0.15, 0.2) is 5.54 Å². The van der Waals surface area contributed by atoms with Crippen molar-refractivity contribution in [2.24, 2.45) is 0 Å². The van der Waals surface area contributed by atoms with Crippen LogP contribution in [0.15, 0.2) is 60.7 Å². The van der Waals surface area contributed by atoms with E-state index in [1.54, 1.807) is 4.90 Å². The highest BCUT2D eigenvalue weighted by Gasteiger charge is 2.63. The van der Waals surface area contributed by atoms with Crippen molar-refractivity contribution in [3.8, 4) is 0 Å². The Labute approximate surface area is 183 Å². The summed E-state index contributed by atoms with van der Waals surface area (Å²) in [6, 6.07) is 19.7. The van der Waals surface area contributed by atoms with Crippen molar-refractivity contribution in [1.82, 2.24) is 9.80 Å². The van der Waals surface area contributed by atoms with Gasteiger partial charge in [-0.05, 0) is 31.9 Å². The van der Waals surface area contributed by atoms with E-state index < -0.39 is 17.2 Å². The molecule has 0 aliphatic carbocycles. The number of nitrogens with zero attached hydrogens (tertiary/aromatic N) is 2. The van der Waals surface area contributed by atoms with Gasteiger partial charge in [-0.25, -0.2) is 4.79 Å². The number of piperazine rings is 1. The van der Waals surface area contributed by atoms with E-state index >= 15 is 0 Å². The van der Waals surface area contributed by atoms with E-state index in [0.29, 0.717) is 26.1 Å². The number of amides is 2. The van der Waals surface area contributed by atoms with Crippen LogP contribution in [-0.4, -0.2) is 52.1 Å². The number of carbonyl (C=O) groups excluding carboxylic acids is 2. The van der Waals surface area contributed by atoms with Gasteiger partial charge in [-0.15, -0.1) is 0 Å². The highest BCUT2D eigenvalue weighted by molar-refractivity contribution is 5.94. The Morgan fingerprint density at radius 1 is 1.03 bits per heavy atom. The zero-order valence-corrected chi connectivity index (χ0v) is 18.4. The summed E-state index contributed by atoms with van der Waals surface area (Å²) in [7, 11) is 0. The summed E-state index contributed by atoms with van der Waals surface area (Å²) in [5.41, 5.74) is 0.463. The molecule has 0 unspecified atom stereocenters. The lowest BCUT2D eigenvalue weighted by Crippen LogP contribution is -2.62. The number of fused-ring (bicyclic) bond motifs is 2. The van der Waals surface area contributed by atoms with Crippen LogP contribution < -0.4 is 0 Å². The topological polar surface area (TPSA) is 59.1 Å². The number of ether oxygens (including phenoxy) is 2. The molecule has 6 nitrogen and oxygen atoms in total. The third kappa shape index (κ3) is 4.44. The molecule has 0 spiro atoms. The Hall–Kier alpha value is -2.86. The van der Waals surface area contributed by atoms with Gasteiger partial charge < -0.3 is 14.4 Å². The van der Waals surface area contributed by atoms with E-state index in [9.17, 15) is 9.59 Å². The summed E-state index contributed by atoms with van der Waals surface area (Å²) in [6.45, 7) is 7.04. The average Bonchev–Trinajstić information content (AvgIpc) is 3.23. The number of hydrogen-bond donors (Lipinski definition) is 0. The Kier molecular flexibility index (Phi) is 5.75. The second kappa shape index (κ2) is 8.35. The van der Waals surface area contributed by atoms with Crippen molar-refractivity contribution >= 4 is 12.0 Å². The molecule has 2 amide bonds. The Morgan fingerprint density at radius 3 is 2.26 bits per heavy atom. The number of hydrogen-bond acceptors (Lipinski definition) is 4. The van der Waals surface area contributed by atoms with Crippen molar-refractivity contribution in [3.63, 3.8) is 0 Å². The fourth-order valence-electron chi connectivity index (χ4n) is 4.45. The van der Waals surface area contributed by atoms with E-state index in [1.807, 2.05) is 86.3 Å². The van der Waals surface area contributed by atoms with E-state index in [-0.39, 0.29) is 18.6 Å². The molecule has 2 aliphatic heterocycles. The number of likely N-dealkylation sites (tertiary alicyclic amines) is 2. The van der Waals surface area contributed by atoms with Crippen LogP contribution in [0.25, 0.3) is 0 Å². The van der Waals surface area contributed by atoms with Crippen LogP contribution in [0.3, 0.4) is 0 Å². The molecule has 4 rings (SSSR count). The molecule has 164 valence electrons. The maximum Gasteiger partial charge on any atom is 0.411 e. The first-order valence-electron chi connectivity index (χ1n) is 10.8. The maximum atomic E-state index is 13.6. The Morgan fingerprint density at radius 2 is 1.65 bits per heavy atom. The summed E-state index contributed by atoms with van der Waals surface area (Å²) in [5.74, 6) is -0.0634. The zero-order chi connectivity index (χ0) is 22.1. The van der Waals surface area contributed by atoms with Crippen molar-refractivity contribution in [2.45, 2.75) is 57.5 Å². The second-order valence-electron chi connectivity index (χ2n) is 9.38. The summed E-state index contributed by atoms with van der Waals surface area (Å²) in [6.07, 6.45) is 0.109. The van der Waals surface area contributed by atoms with E-state index in [2.05, 4.69) is 0 Å². The van der Waals surface area contributed by atoms with Crippen molar-refractivity contribution in [2.75, 3.05) is 13.2 Å². The minimum Gasteiger partial charge on any atom is -0.444 e. The third-order valence-corrected chi connectivity index (χ3v) is 5.85. The van der Waals surface area contributed by atoms with Gasteiger partial charge in [0.25, 0.3) is 5.91 Å². The van der Waals surface area contributed by atoms with Crippen LogP contribution in [0.2, 0.25) is 0 Å². The summed E-state index contributed by atoms with van der Waals surface area (Å²) < 4.78 is 11.6. The van der Waals surface area contributed by atoms with Crippen LogP contribution in [0.4, 0.5) is 4.79 Å². The van der Waals surface area contributed by atoms with Gasteiger partial charge in [-0.2, -0.15) is 0 Å². The van der Waals surface area contributed by atoms with Gasteiger partial charge in [-0.3, -0.25) is 9.69 Å². The molecule has 2 aliphatic rings. The highest BCUT2D eigenvalue weighted by atomic mass is 16.6. The van der Waals surface area contributed by atoms with Gasteiger partial charge in [0.2, 0.25) is 0 Å². The van der Waals surface area contributed by atoms with Crippen LogP contribution in [0.1, 0.15) is 38.3 Å². The SMILES string of the molecule is CC(C)(C)OC(=O)N1C[C@@H]2C[C@@]1(COCc1ccccc1)C(=O)N2Cc1ccccc1. The molecule has 2 heterocycles. The lowest BCUT2D eigenvalue weighted by molar-refractivity contribution is -0.147. The molecular weight excluding hydrogens is 392 g/mol. The molecule has 2 saturated heterocycles. The molecule has 2 fully saturated rings. The Bertz CT molecular complexity index is 926. The predicted molar refractivity (Wildman–Crippen MR) is 117 cm³/mol. The van der Waals surface area contributed by atoms with Crippen LogP contribution in [0, 0.1) is 0 Å². The molecule has 2 aromatic rings. The third-order valence-electron chi connectivity index (χ3n) is 5.85. The molecule has 0 radical (unpaired) electrons. The van der Waals surface area contributed by atoms with Gasteiger partial charge in [0.1, 0.15) is 5.60 Å². The largest absolute Gasteiger partial charge is 0.444 e. The second-order valence-corrected chi connectivity index (χ2v) is 9.38. The van der Waals surface area contributed by atoms with Gasteiger partial charge >= 0.3 is 6.09 Å². The van der Waals surface area contributed by atoms with Gasteiger partial charge in [-0.1, -0.05) is 60.7 Å². The smallest absolute Gasteiger partial charge is 0.411 e. The normalized spacial score (nSPS) is 22.8. The van der Waals surface area contributed by atoms with Crippen LogP contribution in [0.5, 0.6) is 0 Å². The monoisotopic (exact) mass is 422 g/mol. The zero-order valence-electron chi connectivity index (χ0n) is 18.4. The Balaban J connectivity index is 1.54. The molecule has 6 heteroatoms. The minimum absolute atomic E-state index is 0.0412. The lowest BCUT2D eigenvalue weighted by atomic mass is 9.99. The molecule has 0 aromatic heterocycles. The van der Waals surface area contributed by atoms with Crippen LogP contribution in [-0.2, 0) is 27.4 Å². The van der Waals surface area contributed by atoms with Crippen LogP contribution >= 0.6 is 0 Å². The van der Waals surface area contributed by atoms with E-state index in [4.69, 9.17) is 9.47 Å². The first-order valence-corrected chi connectivity index (χ1v) is 10.8. The number of benzene rings is 2. The molecule has 0 saturated carbocycles. The molecular formula is C25H30N2O4. The first-order chi connectivity index (χ1) is 14.8. The number of carbonyl (C=O) groups is 2. The minimum atomic E-state index is -1.02. The highest BCUT2D eigenvalue weighted by Crippen LogP contribution is 2.43. The lowest BCUT2D eigenvalue weighted by Gasteiger charge is -2.41. The molecule has 0 N–H and O–H groups in total. The van der Waals surface area contributed by atoms with Gasteiger partial charge in [0, 0.05) is 19.5 Å². The molecule has 2 bridgehead atoms. The van der Waals surface area contributed by atoms with Gasteiger partial charge in [0.05, 0.1) is 19.3 Å².